The van der Waals surface area contributed by atoms with Crippen LogP contribution in [0.4, 0.5) is 0 Å². The summed E-state index contributed by atoms with van der Waals surface area (Å²) in [5.74, 6) is 0.321. The smallest absolute Gasteiger partial charge is 0.223 e. The van der Waals surface area contributed by atoms with Crippen LogP contribution in [-0.2, 0) is 9.59 Å². The van der Waals surface area contributed by atoms with Gasteiger partial charge in [0.2, 0.25) is 11.8 Å². The second kappa shape index (κ2) is 12.4. The highest BCUT2D eigenvalue weighted by atomic mass is 16.3. The first-order chi connectivity index (χ1) is 10.5. The second-order valence-corrected chi connectivity index (χ2v) is 6.16. The van der Waals surface area contributed by atoms with Crippen molar-refractivity contribution in [3.05, 3.63) is 0 Å². The Morgan fingerprint density at radius 1 is 0.909 bits per heavy atom. The van der Waals surface area contributed by atoms with E-state index in [9.17, 15) is 9.59 Å². The SMILES string of the molecule is CCC[C@H](C)C(=O)NCCC(C)[C@@H](CCC)C(=O)NCCO. The number of amides is 2. The molecule has 0 aromatic heterocycles. The van der Waals surface area contributed by atoms with Gasteiger partial charge >= 0.3 is 0 Å². The van der Waals surface area contributed by atoms with Crippen molar-refractivity contribution in [2.75, 3.05) is 19.7 Å². The number of nitrogens with one attached hydrogen (secondary N) is 2. The van der Waals surface area contributed by atoms with Crippen molar-refractivity contribution < 1.29 is 14.7 Å². The van der Waals surface area contributed by atoms with Crippen LogP contribution >= 0.6 is 0 Å². The molecule has 0 radical (unpaired) electrons. The van der Waals surface area contributed by atoms with Crippen molar-refractivity contribution in [1.82, 2.24) is 10.6 Å². The maximum atomic E-state index is 12.1. The first kappa shape index (κ1) is 20.9. The first-order valence-electron chi connectivity index (χ1n) is 8.64. The fourth-order valence-corrected chi connectivity index (χ4v) is 2.66. The summed E-state index contributed by atoms with van der Waals surface area (Å²) in [6, 6.07) is 0. The minimum Gasteiger partial charge on any atom is -0.395 e. The number of hydrogen-bond donors (Lipinski definition) is 3. The molecule has 0 aliphatic heterocycles. The number of hydrogen-bond acceptors (Lipinski definition) is 3. The number of carbonyl (C=O) groups excluding carboxylic acids is 2. The average molecular weight is 314 g/mol. The maximum Gasteiger partial charge on any atom is 0.223 e. The monoisotopic (exact) mass is 314 g/mol. The summed E-state index contributed by atoms with van der Waals surface area (Å²) in [5, 5.41) is 14.5. The third-order valence-electron chi connectivity index (χ3n) is 4.10. The van der Waals surface area contributed by atoms with Gasteiger partial charge in [-0.1, -0.05) is 40.5 Å². The molecule has 0 aromatic rings. The van der Waals surface area contributed by atoms with Gasteiger partial charge in [0.1, 0.15) is 0 Å². The van der Waals surface area contributed by atoms with Gasteiger partial charge in [-0.15, -0.1) is 0 Å². The molecular formula is C17H34N2O3. The Morgan fingerprint density at radius 2 is 1.50 bits per heavy atom. The third kappa shape index (κ3) is 8.37. The predicted octanol–water partition coefficient (Wildman–Crippen LogP) is 2.09. The van der Waals surface area contributed by atoms with E-state index in [4.69, 9.17) is 5.11 Å². The van der Waals surface area contributed by atoms with Crippen LogP contribution in [0.2, 0.25) is 0 Å². The van der Waals surface area contributed by atoms with Crippen LogP contribution in [0.15, 0.2) is 0 Å². The molecule has 3 N–H and O–H groups in total. The van der Waals surface area contributed by atoms with Gasteiger partial charge in [-0.25, -0.2) is 0 Å². The predicted molar refractivity (Wildman–Crippen MR) is 89.4 cm³/mol. The van der Waals surface area contributed by atoms with Crippen molar-refractivity contribution >= 4 is 11.8 Å². The van der Waals surface area contributed by atoms with Crippen molar-refractivity contribution in [3.63, 3.8) is 0 Å². The Labute approximate surface area is 135 Å². The van der Waals surface area contributed by atoms with Gasteiger partial charge in [0.25, 0.3) is 0 Å². The van der Waals surface area contributed by atoms with Crippen LogP contribution in [0.1, 0.15) is 59.8 Å². The van der Waals surface area contributed by atoms with Crippen molar-refractivity contribution in [2.45, 2.75) is 59.8 Å². The second-order valence-electron chi connectivity index (χ2n) is 6.16. The average Bonchev–Trinajstić information content (AvgIpc) is 2.50. The molecule has 5 nitrogen and oxygen atoms in total. The van der Waals surface area contributed by atoms with Crippen LogP contribution in [0.25, 0.3) is 0 Å². The van der Waals surface area contributed by atoms with Crippen molar-refractivity contribution in [3.8, 4) is 0 Å². The van der Waals surface area contributed by atoms with Gasteiger partial charge in [0.05, 0.1) is 6.61 Å². The van der Waals surface area contributed by atoms with Gasteiger partial charge < -0.3 is 15.7 Å². The molecular weight excluding hydrogens is 280 g/mol. The van der Waals surface area contributed by atoms with E-state index in [2.05, 4.69) is 31.4 Å². The van der Waals surface area contributed by atoms with Gasteiger partial charge in [-0.2, -0.15) is 0 Å². The lowest BCUT2D eigenvalue weighted by Crippen LogP contribution is -2.37. The van der Waals surface area contributed by atoms with Crippen LogP contribution < -0.4 is 10.6 Å². The molecule has 2 amide bonds. The Hall–Kier alpha value is -1.10. The molecule has 0 spiro atoms. The van der Waals surface area contributed by atoms with E-state index < -0.39 is 0 Å². The zero-order valence-electron chi connectivity index (χ0n) is 14.7. The van der Waals surface area contributed by atoms with E-state index in [1.807, 2.05) is 6.92 Å². The van der Waals surface area contributed by atoms with Crippen LogP contribution in [0.3, 0.4) is 0 Å². The van der Waals surface area contributed by atoms with Crippen LogP contribution in [-0.4, -0.2) is 36.6 Å². The molecule has 0 aliphatic rings. The van der Waals surface area contributed by atoms with Gasteiger partial charge in [0.15, 0.2) is 0 Å². The molecule has 22 heavy (non-hydrogen) atoms. The highest BCUT2D eigenvalue weighted by molar-refractivity contribution is 5.79. The summed E-state index contributed by atoms with van der Waals surface area (Å²) < 4.78 is 0. The fraction of sp³-hybridized carbons (Fsp3) is 0.882. The minimum absolute atomic E-state index is 0.00841. The quantitative estimate of drug-likeness (QED) is 0.516. The summed E-state index contributed by atoms with van der Waals surface area (Å²) in [7, 11) is 0. The Bertz CT molecular complexity index is 321. The van der Waals surface area contributed by atoms with Crippen molar-refractivity contribution in [2.24, 2.45) is 17.8 Å². The Balaban J connectivity index is 4.25. The molecule has 0 saturated carbocycles. The molecule has 0 rings (SSSR count). The van der Waals surface area contributed by atoms with Crippen LogP contribution in [0.5, 0.6) is 0 Å². The fourth-order valence-electron chi connectivity index (χ4n) is 2.66. The minimum atomic E-state index is -0.0542. The number of aliphatic hydroxyl groups is 1. The van der Waals surface area contributed by atoms with Gasteiger partial charge in [-0.3, -0.25) is 9.59 Å². The summed E-state index contributed by atoms with van der Waals surface area (Å²) in [6.45, 7) is 9.02. The molecule has 0 saturated heterocycles. The van der Waals surface area contributed by atoms with E-state index in [1.165, 1.54) is 0 Å². The molecule has 1 unspecified atom stereocenters. The molecule has 5 heteroatoms. The summed E-state index contributed by atoms with van der Waals surface area (Å²) in [4.78, 5) is 24.0. The van der Waals surface area contributed by atoms with E-state index >= 15 is 0 Å². The highest BCUT2D eigenvalue weighted by Gasteiger charge is 2.24. The first-order valence-corrected chi connectivity index (χ1v) is 8.64. The van der Waals surface area contributed by atoms with Crippen molar-refractivity contribution in [1.29, 1.82) is 0 Å². The summed E-state index contributed by atoms with van der Waals surface area (Å²) >= 11 is 0. The zero-order chi connectivity index (χ0) is 17.0. The van der Waals surface area contributed by atoms with E-state index in [0.717, 1.165) is 32.1 Å². The van der Waals surface area contributed by atoms with Crippen LogP contribution in [0, 0.1) is 17.8 Å². The molecule has 0 fully saturated rings. The van der Waals surface area contributed by atoms with Gasteiger partial charge in [-0.05, 0) is 25.2 Å². The highest BCUT2D eigenvalue weighted by Crippen LogP contribution is 2.20. The van der Waals surface area contributed by atoms with E-state index in [1.54, 1.807) is 0 Å². The zero-order valence-corrected chi connectivity index (χ0v) is 14.7. The molecule has 0 aromatic carbocycles. The number of rotatable bonds is 12. The largest absolute Gasteiger partial charge is 0.395 e. The maximum absolute atomic E-state index is 12.1. The lowest BCUT2D eigenvalue weighted by atomic mass is 9.86. The standard InChI is InChI=1S/C17H34N2O3/c1-5-7-14(4)16(21)18-10-9-13(3)15(8-6-2)17(22)19-11-12-20/h13-15,20H,5-12H2,1-4H3,(H,18,21)(H,19,22)/t13?,14-,15+/m0/s1. The number of aliphatic hydroxyl groups excluding tert-OH is 1. The molecule has 130 valence electrons. The lowest BCUT2D eigenvalue weighted by molar-refractivity contribution is -0.127. The molecule has 3 atom stereocenters. The lowest BCUT2D eigenvalue weighted by Gasteiger charge is -2.23. The normalized spacial score (nSPS) is 15.0. The number of carbonyl (C=O) groups is 2. The Kier molecular flexibility index (Phi) is 11.8. The van der Waals surface area contributed by atoms with E-state index in [-0.39, 0.29) is 36.2 Å². The van der Waals surface area contributed by atoms with Gasteiger partial charge in [0, 0.05) is 24.9 Å². The topological polar surface area (TPSA) is 78.4 Å². The molecule has 0 bridgehead atoms. The Morgan fingerprint density at radius 3 is 2.05 bits per heavy atom. The molecule has 0 heterocycles. The third-order valence-corrected chi connectivity index (χ3v) is 4.10. The summed E-state index contributed by atoms with van der Waals surface area (Å²) in [6.07, 6.45) is 4.49. The van der Waals surface area contributed by atoms with E-state index in [0.29, 0.717) is 13.1 Å². The molecule has 0 aliphatic carbocycles. The summed E-state index contributed by atoms with van der Waals surface area (Å²) in [5.41, 5.74) is 0.